The molecule has 88 valence electrons. The van der Waals surface area contributed by atoms with Crippen LogP contribution in [0.15, 0.2) is 61.2 Å². The van der Waals surface area contributed by atoms with Crippen LogP contribution in [0.4, 0.5) is 5.69 Å². The van der Waals surface area contributed by atoms with E-state index < -0.39 is 0 Å². The topological polar surface area (TPSA) is 26.0 Å². The van der Waals surface area contributed by atoms with Crippen LogP contribution in [0.5, 0.6) is 0 Å². The van der Waals surface area contributed by atoms with E-state index in [1.165, 1.54) is 0 Å². The minimum atomic E-state index is 0.776. The zero-order chi connectivity index (χ0) is 12.8. The Morgan fingerprint density at radius 2 is 1.94 bits per heavy atom. The first-order chi connectivity index (χ1) is 8.07. The smallest absolute Gasteiger partial charge is 0.0423 e. The van der Waals surface area contributed by atoms with Gasteiger partial charge in [-0.25, -0.2) is 0 Å². The highest BCUT2D eigenvalue weighted by molar-refractivity contribution is 5.86. The van der Waals surface area contributed by atoms with Gasteiger partial charge in [0.15, 0.2) is 0 Å². The van der Waals surface area contributed by atoms with Crippen molar-refractivity contribution in [2.75, 3.05) is 5.73 Å². The van der Waals surface area contributed by atoms with E-state index in [9.17, 15) is 0 Å². The van der Waals surface area contributed by atoms with Gasteiger partial charge in [-0.3, -0.25) is 0 Å². The maximum Gasteiger partial charge on any atom is 0.0423 e. The molecule has 1 aromatic carbocycles. The Labute approximate surface area is 104 Å². The van der Waals surface area contributed by atoms with E-state index in [4.69, 9.17) is 5.73 Å². The summed E-state index contributed by atoms with van der Waals surface area (Å²) in [7, 11) is 0. The second kappa shape index (κ2) is 5.90. The fourth-order valence-corrected chi connectivity index (χ4v) is 1.50. The maximum atomic E-state index is 6.04. The van der Waals surface area contributed by atoms with Crippen molar-refractivity contribution in [3.8, 4) is 0 Å². The largest absolute Gasteiger partial charge is 0.398 e. The third-order valence-electron chi connectivity index (χ3n) is 2.64. The summed E-state index contributed by atoms with van der Waals surface area (Å²) in [6.45, 7) is 12.0. The van der Waals surface area contributed by atoms with Gasteiger partial charge in [-0.05, 0) is 30.6 Å². The van der Waals surface area contributed by atoms with Crippen LogP contribution in [-0.4, -0.2) is 0 Å². The maximum absolute atomic E-state index is 6.04. The lowest BCUT2D eigenvalue weighted by Crippen LogP contribution is -1.96. The molecular weight excluding hydrogens is 206 g/mol. The van der Waals surface area contributed by atoms with E-state index in [1.54, 1.807) is 0 Å². The molecular formula is C16H19N. The van der Waals surface area contributed by atoms with Gasteiger partial charge in [-0.2, -0.15) is 0 Å². The summed E-state index contributed by atoms with van der Waals surface area (Å²) in [6, 6.07) is 5.94. The van der Waals surface area contributed by atoms with Gasteiger partial charge in [0.25, 0.3) is 0 Å². The highest BCUT2D eigenvalue weighted by Gasteiger charge is 2.06. The second-order valence-electron chi connectivity index (χ2n) is 3.92. The SMILES string of the molecule is C=C(/C=C\C=C/C)C(=C)c1cccc(C)c1N. The van der Waals surface area contributed by atoms with Gasteiger partial charge < -0.3 is 5.73 Å². The van der Waals surface area contributed by atoms with E-state index in [0.717, 1.165) is 28.0 Å². The molecule has 0 bridgehead atoms. The molecule has 1 nitrogen and oxygen atoms in total. The molecule has 0 fully saturated rings. The first-order valence-corrected chi connectivity index (χ1v) is 5.61. The Kier molecular flexibility index (Phi) is 4.53. The molecule has 1 aromatic rings. The van der Waals surface area contributed by atoms with Crippen molar-refractivity contribution >= 4 is 11.3 Å². The van der Waals surface area contributed by atoms with Crippen molar-refractivity contribution in [1.82, 2.24) is 0 Å². The van der Waals surface area contributed by atoms with Gasteiger partial charge in [0.05, 0.1) is 0 Å². The third kappa shape index (κ3) is 3.22. The van der Waals surface area contributed by atoms with Gasteiger partial charge in [-0.1, -0.05) is 55.7 Å². The number of rotatable bonds is 4. The van der Waals surface area contributed by atoms with E-state index in [2.05, 4.69) is 13.2 Å². The van der Waals surface area contributed by atoms with Crippen LogP contribution in [0.1, 0.15) is 18.1 Å². The molecule has 17 heavy (non-hydrogen) atoms. The van der Waals surface area contributed by atoms with E-state index in [0.29, 0.717) is 0 Å². The molecule has 0 saturated heterocycles. The van der Waals surface area contributed by atoms with Crippen LogP contribution in [0.2, 0.25) is 0 Å². The summed E-state index contributed by atoms with van der Waals surface area (Å²) in [5, 5.41) is 0. The van der Waals surface area contributed by atoms with E-state index in [-0.39, 0.29) is 0 Å². The molecule has 0 aliphatic rings. The fourth-order valence-electron chi connectivity index (χ4n) is 1.50. The van der Waals surface area contributed by atoms with Crippen LogP contribution in [-0.2, 0) is 0 Å². The Morgan fingerprint density at radius 1 is 1.24 bits per heavy atom. The van der Waals surface area contributed by atoms with Crippen LogP contribution >= 0.6 is 0 Å². The van der Waals surface area contributed by atoms with Crippen molar-refractivity contribution in [1.29, 1.82) is 0 Å². The number of hydrogen-bond donors (Lipinski definition) is 1. The molecule has 0 aromatic heterocycles. The van der Waals surface area contributed by atoms with Gasteiger partial charge in [0.2, 0.25) is 0 Å². The summed E-state index contributed by atoms with van der Waals surface area (Å²) in [5.41, 5.74) is 10.6. The highest BCUT2D eigenvalue weighted by Crippen LogP contribution is 2.28. The molecule has 0 amide bonds. The van der Waals surface area contributed by atoms with Crippen molar-refractivity contribution < 1.29 is 0 Å². The van der Waals surface area contributed by atoms with Gasteiger partial charge in [0, 0.05) is 11.3 Å². The number of hydrogen-bond acceptors (Lipinski definition) is 1. The number of para-hydroxylation sites is 1. The molecule has 0 aliphatic heterocycles. The summed E-state index contributed by atoms with van der Waals surface area (Å²) in [4.78, 5) is 0. The molecule has 0 aliphatic carbocycles. The minimum absolute atomic E-state index is 0.776. The molecule has 0 saturated carbocycles. The summed E-state index contributed by atoms with van der Waals surface area (Å²) >= 11 is 0. The number of anilines is 1. The first kappa shape index (κ1) is 13.0. The highest BCUT2D eigenvalue weighted by atomic mass is 14.6. The Hall–Kier alpha value is -2.02. The molecule has 2 N–H and O–H groups in total. The van der Waals surface area contributed by atoms with Crippen molar-refractivity contribution in [2.24, 2.45) is 0 Å². The lowest BCUT2D eigenvalue weighted by Gasteiger charge is -2.11. The zero-order valence-corrected chi connectivity index (χ0v) is 10.5. The molecule has 0 spiro atoms. The average Bonchev–Trinajstić information content (AvgIpc) is 2.32. The molecule has 0 heterocycles. The number of nitrogens with two attached hydrogens (primary N) is 1. The number of aryl methyl sites for hydroxylation is 1. The number of benzene rings is 1. The zero-order valence-electron chi connectivity index (χ0n) is 10.5. The van der Waals surface area contributed by atoms with E-state index >= 15 is 0 Å². The monoisotopic (exact) mass is 225 g/mol. The third-order valence-corrected chi connectivity index (χ3v) is 2.64. The Bertz CT molecular complexity index is 490. The molecule has 1 rings (SSSR count). The van der Waals surface area contributed by atoms with Crippen molar-refractivity contribution in [3.05, 3.63) is 72.4 Å². The predicted molar refractivity (Wildman–Crippen MR) is 77.7 cm³/mol. The first-order valence-electron chi connectivity index (χ1n) is 5.61. The molecule has 0 unspecified atom stereocenters. The summed E-state index contributed by atoms with van der Waals surface area (Å²) < 4.78 is 0. The lowest BCUT2D eigenvalue weighted by molar-refractivity contribution is 1.44. The number of nitrogen functional groups attached to an aromatic ring is 1. The second-order valence-corrected chi connectivity index (χ2v) is 3.92. The standard InChI is InChI=1S/C16H19N/c1-5-6-7-9-12(2)14(4)15-11-8-10-13(3)16(15)17/h5-11H,2,4,17H2,1,3H3/b6-5-,9-7-. The van der Waals surface area contributed by atoms with Crippen molar-refractivity contribution in [3.63, 3.8) is 0 Å². The van der Waals surface area contributed by atoms with Crippen LogP contribution in [0.25, 0.3) is 5.57 Å². The fraction of sp³-hybridized carbons (Fsp3) is 0.125. The van der Waals surface area contributed by atoms with Crippen LogP contribution in [0.3, 0.4) is 0 Å². The molecule has 0 atom stereocenters. The predicted octanol–water partition coefficient (Wildman–Crippen LogP) is 4.28. The minimum Gasteiger partial charge on any atom is -0.398 e. The lowest BCUT2D eigenvalue weighted by atomic mass is 9.97. The van der Waals surface area contributed by atoms with Crippen molar-refractivity contribution in [2.45, 2.75) is 13.8 Å². The molecule has 0 radical (unpaired) electrons. The van der Waals surface area contributed by atoms with Gasteiger partial charge >= 0.3 is 0 Å². The summed E-state index contributed by atoms with van der Waals surface area (Å²) in [5.74, 6) is 0. The van der Waals surface area contributed by atoms with Crippen LogP contribution in [0, 0.1) is 6.92 Å². The normalized spacial score (nSPS) is 11.2. The Morgan fingerprint density at radius 3 is 2.59 bits per heavy atom. The summed E-state index contributed by atoms with van der Waals surface area (Å²) in [6.07, 6.45) is 7.80. The average molecular weight is 225 g/mol. The van der Waals surface area contributed by atoms with E-state index in [1.807, 2.05) is 56.4 Å². The van der Waals surface area contributed by atoms with Gasteiger partial charge in [0.1, 0.15) is 0 Å². The Balaban J connectivity index is 2.97. The molecule has 1 heteroatoms. The van der Waals surface area contributed by atoms with Crippen LogP contribution < -0.4 is 5.73 Å². The van der Waals surface area contributed by atoms with Gasteiger partial charge in [-0.15, -0.1) is 0 Å². The quantitative estimate of drug-likeness (QED) is 0.600. The number of allylic oxidation sites excluding steroid dienone is 6.